The van der Waals surface area contributed by atoms with E-state index in [1.807, 2.05) is 0 Å². The Bertz CT molecular complexity index is 413. The lowest BCUT2D eigenvalue weighted by Gasteiger charge is -2.01. The van der Waals surface area contributed by atoms with Gasteiger partial charge in [-0.1, -0.05) is 0 Å². The van der Waals surface area contributed by atoms with Crippen molar-refractivity contribution < 1.29 is 13.2 Å². The number of aromatic nitrogens is 2. The highest BCUT2D eigenvalue weighted by Gasteiger charge is 2.20. The molecule has 1 aromatic rings. The maximum atomic E-state index is 11.2. The molecule has 7 heteroatoms. The lowest BCUT2D eigenvalue weighted by atomic mass is 10.3. The first-order valence-electron chi connectivity index (χ1n) is 3.91. The topological polar surface area (TPSA) is 61.2 Å². The summed E-state index contributed by atoms with van der Waals surface area (Å²) in [5.41, 5.74) is 0.573. The molecule has 0 atom stereocenters. The number of methoxy groups -OCH3 is 1. The summed E-state index contributed by atoms with van der Waals surface area (Å²) in [7, 11) is 4.61. The third-order valence-corrected chi connectivity index (χ3v) is 3.19. The molecule has 0 fully saturated rings. The Balaban J connectivity index is 3.07. The molecule has 0 unspecified atom stereocenters. The molecule has 0 radical (unpaired) electrons. The second-order valence-corrected chi connectivity index (χ2v) is 5.26. The number of rotatable bonds is 4. The van der Waals surface area contributed by atoms with Crippen molar-refractivity contribution in [1.29, 1.82) is 0 Å². The zero-order valence-corrected chi connectivity index (χ0v) is 9.47. The number of hydrogen-bond acceptors (Lipinski definition) is 4. The highest BCUT2D eigenvalue weighted by molar-refractivity contribution is 8.13. The molecule has 1 heterocycles. The normalized spacial score (nSPS) is 11.9. The Kier molecular flexibility index (Phi) is 3.52. The van der Waals surface area contributed by atoms with Crippen LogP contribution in [0.15, 0.2) is 11.2 Å². The molecule has 0 aromatic carbocycles. The van der Waals surface area contributed by atoms with Crippen LogP contribution < -0.4 is 0 Å². The van der Waals surface area contributed by atoms with Crippen molar-refractivity contribution in [2.24, 2.45) is 7.05 Å². The van der Waals surface area contributed by atoms with Crippen LogP contribution in [0.5, 0.6) is 0 Å². The average molecular weight is 239 g/mol. The van der Waals surface area contributed by atoms with Gasteiger partial charge in [-0.25, -0.2) is 8.42 Å². The third kappa shape index (κ3) is 2.46. The lowest BCUT2D eigenvalue weighted by molar-refractivity contribution is 0.201. The smallest absolute Gasteiger partial charge is 0.278 e. The predicted octanol–water partition coefficient (Wildman–Crippen LogP) is 0.537. The molecule has 0 spiro atoms. The molecule has 0 bridgehead atoms. The molecule has 0 aliphatic carbocycles. The molecular formula is C7H11ClN2O3S. The molecule has 80 valence electrons. The molecule has 0 amide bonds. The van der Waals surface area contributed by atoms with Gasteiger partial charge in [-0.3, -0.25) is 4.68 Å². The second kappa shape index (κ2) is 4.29. The Hall–Kier alpha value is -0.590. The van der Waals surface area contributed by atoms with E-state index in [0.717, 1.165) is 0 Å². The fourth-order valence-electron chi connectivity index (χ4n) is 1.17. The highest BCUT2D eigenvalue weighted by Crippen LogP contribution is 2.19. The van der Waals surface area contributed by atoms with E-state index in [2.05, 4.69) is 5.10 Å². The van der Waals surface area contributed by atoms with Gasteiger partial charge in [0.15, 0.2) is 5.03 Å². The molecule has 0 aliphatic heterocycles. The van der Waals surface area contributed by atoms with Crippen LogP contribution in [0.1, 0.15) is 5.56 Å². The van der Waals surface area contributed by atoms with Crippen LogP contribution in [0.25, 0.3) is 0 Å². The first-order valence-corrected chi connectivity index (χ1v) is 6.22. The van der Waals surface area contributed by atoms with Crippen molar-refractivity contribution >= 4 is 19.7 Å². The van der Waals surface area contributed by atoms with Crippen molar-refractivity contribution in [3.63, 3.8) is 0 Å². The molecule has 0 saturated carbocycles. The minimum Gasteiger partial charge on any atom is -0.384 e. The second-order valence-electron chi connectivity index (χ2n) is 2.78. The fraction of sp³-hybridized carbons (Fsp3) is 0.571. The predicted molar refractivity (Wildman–Crippen MR) is 51.8 cm³/mol. The molecule has 0 aliphatic rings. The zero-order chi connectivity index (χ0) is 10.8. The molecule has 0 N–H and O–H groups in total. The Morgan fingerprint density at radius 3 is 2.79 bits per heavy atom. The highest BCUT2D eigenvalue weighted by atomic mass is 35.7. The summed E-state index contributed by atoms with van der Waals surface area (Å²) in [4.78, 5) is 0. The first-order chi connectivity index (χ1) is 6.46. The largest absolute Gasteiger partial charge is 0.384 e. The molecule has 14 heavy (non-hydrogen) atoms. The van der Waals surface area contributed by atoms with Crippen LogP contribution in [-0.2, 0) is 27.3 Å². The van der Waals surface area contributed by atoms with Gasteiger partial charge in [0.2, 0.25) is 0 Å². The summed E-state index contributed by atoms with van der Waals surface area (Å²) in [5, 5.41) is 3.87. The maximum Gasteiger partial charge on any atom is 0.278 e. The van der Waals surface area contributed by atoms with Crippen molar-refractivity contribution in [3.05, 3.63) is 11.8 Å². The van der Waals surface area contributed by atoms with Crippen LogP contribution in [0.4, 0.5) is 0 Å². The Morgan fingerprint density at radius 1 is 1.64 bits per heavy atom. The van der Waals surface area contributed by atoms with Gasteiger partial charge in [-0.15, -0.1) is 0 Å². The third-order valence-electron chi connectivity index (χ3n) is 1.76. The van der Waals surface area contributed by atoms with E-state index in [0.29, 0.717) is 18.6 Å². The monoisotopic (exact) mass is 238 g/mol. The molecule has 5 nitrogen and oxygen atoms in total. The van der Waals surface area contributed by atoms with Crippen LogP contribution >= 0.6 is 10.7 Å². The molecule has 1 rings (SSSR count). The minimum absolute atomic E-state index is 0.0382. The lowest BCUT2D eigenvalue weighted by Crippen LogP contribution is -2.05. The SMILES string of the molecule is COCCc1cnn(C)c1S(=O)(=O)Cl. The van der Waals surface area contributed by atoms with Crippen LogP contribution in [0.3, 0.4) is 0 Å². The number of ether oxygens (including phenoxy) is 1. The maximum absolute atomic E-state index is 11.2. The first kappa shape index (κ1) is 11.5. The van der Waals surface area contributed by atoms with E-state index in [1.165, 1.54) is 17.9 Å². The van der Waals surface area contributed by atoms with Crippen molar-refractivity contribution in [3.8, 4) is 0 Å². The summed E-state index contributed by atoms with van der Waals surface area (Å²) in [6.45, 7) is 0.436. The van der Waals surface area contributed by atoms with Crippen molar-refractivity contribution in [2.45, 2.75) is 11.4 Å². The van der Waals surface area contributed by atoms with Gasteiger partial charge in [0.25, 0.3) is 9.05 Å². The van der Waals surface area contributed by atoms with Gasteiger partial charge >= 0.3 is 0 Å². The summed E-state index contributed by atoms with van der Waals surface area (Å²) < 4.78 is 28.4. The van der Waals surface area contributed by atoms with E-state index in [-0.39, 0.29) is 5.03 Å². The van der Waals surface area contributed by atoms with Gasteiger partial charge in [0.1, 0.15) is 0 Å². The van der Waals surface area contributed by atoms with E-state index < -0.39 is 9.05 Å². The fourth-order valence-corrected chi connectivity index (χ4v) is 2.60. The van der Waals surface area contributed by atoms with Gasteiger partial charge < -0.3 is 4.74 Å². The number of aryl methyl sites for hydroxylation is 1. The van der Waals surface area contributed by atoms with Gasteiger partial charge in [0.05, 0.1) is 12.8 Å². The van der Waals surface area contributed by atoms with E-state index in [4.69, 9.17) is 15.4 Å². The summed E-state index contributed by atoms with van der Waals surface area (Å²) in [6.07, 6.45) is 1.96. The van der Waals surface area contributed by atoms with Gasteiger partial charge in [0, 0.05) is 36.8 Å². The van der Waals surface area contributed by atoms with Gasteiger partial charge in [-0.2, -0.15) is 5.10 Å². The van der Waals surface area contributed by atoms with Gasteiger partial charge in [-0.05, 0) is 0 Å². The van der Waals surface area contributed by atoms with E-state index >= 15 is 0 Å². The minimum atomic E-state index is -3.73. The summed E-state index contributed by atoms with van der Waals surface area (Å²) >= 11 is 0. The molecule has 1 aromatic heterocycles. The molecule has 0 saturated heterocycles. The summed E-state index contributed by atoms with van der Waals surface area (Å²) in [5.74, 6) is 0. The number of hydrogen-bond donors (Lipinski definition) is 0. The number of nitrogens with zero attached hydrogens (tertiary/aromatic N) is 2. The van der Waals surface area contributed by atoms with Crippen LogP contribution in [0, 0.1) is 0 Å². The van der Waals surface area contributed by atoms with E-state index in [9.17, 15) is 8.42 Å². The van der Waals surface area contributed by atoms with Crippen molar-refractivity contribution in [1.82, 2.24) is 9.78 Å². The Morgan fingerprint density at radius 2 is 2.29 bits per heavy atom. The zero-order valence-electron chi connectivity index (χ0n) is 7.90. The summed E-state index contributed by atoms with van der Waals surface area (Å²) in [6, 6.07) is 0. The van der Waals surface area contributed by atoms with Crippen LogP contribution in [0.2, 0.25) is 0 Å². The van der Waals surface area contributed by atoms with Crippen molar-refractivity contribution in [2.75, 3.05) is 13.7 Å². The average Bonchev–Trinajstić information content (AvgIpc) is 2.42. The van der Waals surface area contributed by atoms with E-state index in [1.54, 1.807) is 7.11 Å². The number of halogens is 1. The Labute approximate surface area is 87.0 Å². The standard InChI is InChI=1S/C7H11ClN2O3S/c1-10-7(14(8,11)12)6(5-9-10)3-4-13-2/h5H,3-4H2,1-2H3. The van der Waals surface area contributed by atoms with Crippen LogP contribution in [-0.4, -0.2) is 31.9 Å². The quantitative estimate of drug-likeness (QED) is 0.719. The molecular weight excluding hydrogens is 228 g/mol.